The molecular formula is C42H80O6Si3. The first-order chi connectivity index (χ1) is 23.6. The second-order valence-corrected chi connectivity index (χ2v) is 34.8. The number of rotatable bonds is 14. The molecule has 9 heteroatoms. The lowest BCUT2D eigenvalue weighted by Gasteiger charge is -2.57. The van der Waals surface area contributed by atoms with E-state index in [0.717, 1.165) is 60.2 Å². The molecule has 0 radical (unpaired) electrons. The minimum Gasteiger partial charge on any atom is -0.409 e. The summed E-state index contributed by atoms with van der Waals surface area (Å²) in [4.78, 5) is 0. The van der Waals surface area contributed by atoms with Crippen molar-refractivity contribution in [1.29, 1.82) is 0 Å². The lowest BCUT2D eigenvalue weighted by Crippen LogP contribution is -2.66. The van der Waals surface area contributed by atoms with Crippen molar-refractivity contribution in [2.45, 2.75) is 195 Å². The number of allylic oxidation sites excluding steroid dienone is 1. The number of hydrogen-bond acceptors (Lipinski definition) is 6. The van der Waals surface area contributed by atoms with Gasteiger partial charge in [0.05, 0.1) is 12.7 Å². The van der Waals surface area contributed by atoms with Gasteiger partial charge in [-0.2, -0.15) is 0 Å². The molecule has 1 aliphatic heterocycles. The summed E-state index contributed by atoms with van der Waals surface area (Å²) in [6.45, 7) is 32.4. The van der Waals surface area contributed by atoms with E-state index in [4.69, 9.17) is 22.8 Å². The van der Waals surface area contributed by atoms with E-state index in [9.17, 15) is 5.11 Å². The fourth-order valence-electron chi connectivity index (χ4n) is 11.5. The van der Waals surface area contributed by atoms with Crippen LogP contribution < -0.4 is 0 Å². The highest BCUT2D eigenvalue weighted by molar-refractivity contribution is 6.70. The van der Waals surface area contributed by atoms with Gasteiger partial charge in [0.1, 0.15) is 24.4 Å². The predicted octanol–water partition coefficient (Wildman–Crippen LogP) is 10.6. The molecule has 7 unspecified atom stereocenters. The molecule has 0 bridgehead atoms. The van der Waals surface area contributed by atoms with E-state index in [0.29, 0.717) is 0 Å². The van der Waals surface area contributed by atoms with Crippen molar-refractivity contribution in [2.24, 2.45) is 52.8 Å². The molecule has 1 heterocycles. The highest BCUT2D eigenvalue weighted by atomic mass is 28.4. The lowest BCUT2D eigenvalue weighted by atomic mass is 9.48. The number of aliphatic hydroxyl groups is 1. The fourth-order valence-corrected chi connectivity index (χ4v) is 14.8. The summed E-state index contributed by atoms with van der Waals surface area (Å²) < 4.78 is 34.5. The Morgan fingerprint density at radius 3 is 2.08 bits per heavy atom. The molecule has 4 aliphatic carbocycles. The standard InChI is InChI=1S/C42H80O6Si3/c1-27(2)16-15-17-28(3)32-20-21-34-33-19-18-30-25-31(22-23-42(30,5)35(33)24-29(4)37(32)34)44-41-40(48-51(12,13)14)39(47-50(9,10)11)38(36(26-43)45-41)46-49(6,7)8/h18,27-29,31-41,43H,15-17,19-26H2,1-14H3/t28-,29-,31?,32-,33?,34?,35?,36?,37?,38-,39+,40?,41+,42+/m1/s1. The molecule has 6 nitrogen and oxygen atoms in total. The summed E-state index contributed by atoms with van der Waals surface area (Å²) in [5, 5.41) is 10.7. The van der Waals surface area contributed by atoms with Crippen LogP contribution in [0.25, 0.3) is 0 Å². The van der Waals surface area contributed by atoms with Crippen LogP contribution >= 0.6 is 0 Å². The van der Waals surface area contributed by atoms with Crippen molar-refractivity contribution >= 4 is 25.0 Å². The predicted molar refractivity (Wildman–Crippen MR) is 218 cm³/mol. The lowest BCUT2D eigenvalue weighted by molar-refractivity contribution is -0.304. The molecule has 5 rings (SSSR count). The Hall–Kier alpha value is 0.151. The first-order valence-corrected chi connectivity index (χ1v) is 31.5. The highest BCUT2D eigenvalue weighted by Gasteiger charge is 2.58. The van der Waals surface area contributed by atoms with E-state index in [1.54, 1.807) is 5.57 Å². The SMILES string of the molecule is CC(C)CCC[C@@H](C)[C@H]1CCC2C3CC=C4CC(O[C@H]5OC(CO)[C@@H](O[Si](C)(C)C)[C@H](O[Si](C)(C)C)C5O[Si](C)(C)C)CC[C@]4(C)C3C[C@@H](C)C21. The van der Waals surface area contributed by atoms with Crippen LogP contribution in [0.15, 0.2) is 11.6 Å². The van der Waals surface area contributed by atoms with Crippen LogP contribution in [0.3, 0.4) is 0 Å². The highest BCUT2D eigenvalue weighted by Crippen LogP contribution is 2.64. The Kier molecular flexibility index (Phi) is 13.5. The second-order valence-electron chi connectivity index (χ2n) is 21.5. The quantitative estimate of drug-likeness (QED) is 0.140. The molecule has 14 atom stereocenters. The van der Waals surface area contributed by atoms with Crippen molar-refractivity contribution in [3.05, 3.63) is 11.6 Å². The van der Waals surface area contributed by atoms with Crippen molar-refractivity contribution < 1.29 is 27.9 Å². The number of hydrogen-bond donors (Lipinski definition) is 1. The van der Waals surface area contributed by atoms with Gasteiger partial charge in [-0.15, -0.1) is 0 Å². The average Bonchev–Trinajstić information content (AvgIpc) is 3.45. The molecular weight excluding hydrogens is 685 g/mol. The van der Waals surface area contributed by atoms with E-state index < -0.39 is 49.6 Å². The third-order valence-corrected chi connectivity index (χ3v) is 16.5. The zero-order valence-electron chi connectivity index (χ0n) is 35.4. The van der Waals surface area contributed by atoms with E-state index >= 15 is 0 Å². The Labute approximate surface area is 317 Å². The first-order valence-electron chi connectivity index (χ1n) is 21.2. The number of aliphatic hydroxyl groups excluding tert-OH is 1. The van der Waals surface area contributed by atoms with Gasteiger partial charge in [-0.25, -0.2) is 0 Å². The zero-order chi connectivity index (χ0) is 37.7. The summed E-state index contributed by atoms with van der Waals surface area (Å²) in [5.41, 5.74) is 1.90. The molecule has 51 heavy (non-hydrogen) atoms. The maximum absolute atomic E-state index is 10.7. The fraction of sp³-hybridized carbons (Fsp3) is 0.952. The average molecular weight is 765 g/mol. The minimum absolute atomic E-state index is 0.0660. The van der Waals surface area contributed by atoms with Gasteiger partial charge < -0.3 is 27.9 Å². The summed E-state index contributed by atoms with van der Waals surface area (Å²) >= 11 is 0. The van der Waals surface area contributed by atoms with E-state index in [1.165, 1.54) is 51.4 Å². The van der Waals surface area contributed by atoms with Gasteiger partial charge >= 0.3 is 0 Å². The molecule has 0 amide bonds. The van der Waals surface area contributed by atoms with Gasteiger partial charge in [0.2, 0.25) is 0 Å². The monoisotopic (exact) mass is 765 g/mol. The Morgan fingerprint density at radius 2 is 1.47 bits per heavy atom. The van der Waals surface area contributed by atoms with Crippen LogP contribution in [-0.2, 0) is 22.8 Å². The van der Waals surface area contributed by atoms with E-state index in [2.05, 4.69) is 99.6 Å². The van der Waals surface area contributed by atoms with Crippen LogP contribution in [0.4, 0.5) is 0 Å². The van der Waals surface area contributed by atoms with Gasteiger partial charge in [-0.05, 0) is 157 Å². The molecule has 0 aromatic heterocycles. The molecule has 3 saturated carbocycles. The third-order valence-electron chi connectivity index (χ3n) is 13.5. The molecule has 0 aromatic rings. The summed E-state index contributed by atoms with van der Waals surface area (Å²) in [6, 6.07) is 0. The number of fused-ring (bicyclic) bond motifs is 5. The molecule has 5 aliphatic rings. The molecule has 0 aromatic carbocycles. The molecule has 1 N–H and O–H groups in total. The minimum atomic E-state index is -2.03. The second kappa shape index (κ2) is 16.3. The van der Waals surface area contributed by atoms with Crippen LogP contribution in [0.2, 0.25) is 58.9 Å². The zero-order valence-corrected chi connectivity index (χ0v) is 38.4. The van der Waals surface area contributed by atoms with Gasteiger partial charge in [-0.3, -0.25) is 0 Å². The summed E-state index contributed by atoms with van der Waals surface area (Å²) in [7, 11) is -6.05. The van der Waals surface area contributed by atoms with Crippen LogP contribution in [0.1, 0.15) is 98.8 Å². The molecule has 1 saturated heterocycles. The van der Waals surface area contributed by atoms with Crippen molar-refractivity contribution in [3.8, 4) is 0 Å². The summed E-state index contributed by atoms with van der Waals surface area (Å²) in [5.74, 6) is 6.88. The Morgan fingerprint density at radius 1 is 0.843 bits per heavy atom. The Balaban J connectivity index is 1.33. The van der Waals surface area contributed by atoms with E-state index in [1.807, 2.05) is 0 Å². The smallest absolute Gasteiger partial charge is 0.185 e. The largest absolute Gasteiger partial charge is 0.409 e. The van der Waals surface area contributed by atoms with Crippen molar-refractivity contribution in [2.75, 3.05) is 6.61 Å². The molecule has 4 fully saturated rings. The van der Waals surface area contributed by atoms with E-state index in [-0.39, 0.29) is 24.2 Å². The van der Waals surface area contributed by atoms with Gasteiger partial charge in [-0.1, -0.05) is 65.5 Å². The van der Waals surface area contributed by atoms with Crippen molar-refractivity contribution in [3.63, 3.8) is 0 Å². The molecule has 296 valence electrons. The van der Waals surface area contributed by atoms with Crippen LogP contribution in [-0.4, -0.2) is 73.5 Å². The van der Waals surface area contributed by atoms with Crippen LogP contribution in [0, 0.1) is 52.8 Å². The van der Waals surface area contributed by atoms with Crippen LogP contribution in [0.5, 0.6) is 0 Å². The molecule has 0 spiro atoms. The summed E-state index contributed by atoms with van der Waals surface area (Å²) in [6.07, 6.45) is 13.4. The normalized spacial score (nSPS) is 41.1. The number of ether oxygens (including phenoxy) is 2. The van der Waals surface area contributed by atoms with Crippen molar-refractivity contribution in [1.82, 2.24) is 0 Å². The first kappa shape index (κ1) is 42.3. The Bertz CT molecular complexity index is 1170. The maximum Gasteiger partial charge on any atom is 0.185 e. The third kappa shape index (κ3) is 10.1. The van der Waals surface area contributed by atoms with Gasteiger partial charge in [0.15, 0.2) is 31.2 Å². The van der Waals surface area contributed by atoms with Gasteiger partial charge in [0.25, 0.3) is 0 Å². The maximum atomic E-state index is 10.7. The topological polar surface area (TPSA) is 66.4 Å². The van der Waals surface area contributed by atoms with Gasteiger partial charge in [0, 0.05) is 0 Å².